The minimum absolute atomic E-state index is 0.0416. The van der Waals surface area contributed by atoms with Crippen LogP contribution >= 0.6 is 15.9 Å². The summed E-state index contributed by atoms with van der Waals surface area (Å²) in [5, 5.41) is 0. The second kappa shape index (κ2) is 5.95. The normalized spacial score (nSPS) is 17.0. The summed E-state index contributed by atoms with van der Waals surface area (Å²) in [6.07, 6.45) is 1.34. The van der Waals surface area contributed by atoms with Gasteiger partial charge in [0.25, 0.3) is 0 Å². The van der Waals surface area contributed by atoms with Crippen LogP contribution in [0, 0.1) is 11.8 Å². The molecule has 0 aliphatic heterocycles. The highest BCUT2D eigenvalue weighted by Gasteiger charge is 2.21. The quantitative estimate of drug-likeness (QED) is 0.631. The lowest BCUT2D eigenvalue weighted by Crippen LogP contribution is -2.21. The molecule has 0 nitrogen and oxygen atoms in total. The first-order chi connectivity index (χ1) is 5.45. The average Bonchev–Trinajstić information content (AvgIpc) is 1.98. The van der Waals surface area contributed by atoms with Crippen molar-refractivity contribution in [2.45, 2.75) is 51.5 Å². The fourth-order valence-corrected chi connectivity index (χ4v) is 1.94. The second-order valence-electron chi connectivity index (χ2n) is 4.18. The van der Waals surface area contributed by atoms with Gasteiger partial charge in [0.05, 0.1) is 0 Å². The second-order valence-corrected chi connectivity index (χ2v) is 5.35. The summed E-state index contributed by atoms with van der Waals surface area (Å²) in [6.45, 7) is 8.19. The number of alkyl halides is 2. The molecule has 0 aliphatic rings. The van der Waals surface area contributed by atoms with E-state index >= 15 is 0 Å². The monoisotopic (exact) mass is 238 g/mol. The van der Waals surface area contributed by atoms with Crippen LogP contribution in [0.25, 0.3) is 0 Å². The van der Waals surface area contributed by atoms with Gasteiger partial charge in [-0.25, -0.2) is 4.39 Å². The van der Waals surface area contributed by atoms with E-state index in [0.717, 1.165) is 12.8 Å². The van der Waals surface area contributed by atoms with E-state index in [0.29, 0.717) is 5.92 Å². The van der Waals surface area contributed by atoms with Gasteiger partial charge in [0, 0.05) is 4.83 Å². The van der Waals surface area contributed by atoms with E-state index in [1.165, 1.54) is 0 Å². The molecule has 2 unspecified atom stereocenters. The van der Waals surface area contributed by atoms with Gasteiger partial charge in [-0.3, -0.25) is 0 Å². The molecule has 0 aromatic carbocycles. The maximum Gasteiger partial charge on any atom is 0.115 e. The van der Waals surface area contributed by atoms with Crippen LogP contribution in [0.4, 0.5) is 4.39 Å². The highest BCUT2D eigenvalue weighted by Crippen LogP contribution is 2.23. The summed E-state index contributed by atoms with van der Waals surface area (Å²) >= 11 is 3.40. The molecule has 0 N–H and O–H groups in total. The van der Waals surface area contributed by atoms with Crippen LogP contribution in [-0.2, 0) is 0 Å². The Morgan fingerprint density at radius 2 is 1.58 bits per heavy atom. The van der Waals surface area contributed by atoms with Crippen LogP contribution in [-0.4, -0.2) is 11.0 Å². The number of hydrogen-bond acceptors (Lipinski definition) is 0. The molecule has 0 radical (unpaired) electrons. The summed E-state index contributed by atoms with van der Waals surface area (Å²) in [5.74, 6) is 0.797. The molecule has 0 aliphatic carbocycles. The molecule has 0 fully saturated rings. The summed E-state index contributed by atoms with van der Waals surface area (Å²) in [5.41, 5.74) is 0. The van der Waals surface area contributed by atoms with Crippen LogP contribution in [0.15, 0.2) is 0 Å². The predicted octanol–water partition coefficient (Wildman–Crippen LogP) is 4.18. The van der Waals surface area contributed by atoms with E-state index in [1.54, 1.807) is 0 Å². The lowest BCUT2D eigenvalue weighted by atomic mass is 9.99. The van der Waals surface area contributed by atoms with Crippen LogP contribution in [0.5, 0.6) is 0 Å². The van der Waals surface area contributed by atoms with E-state index in [4.69, 9.17) is 0 Å². The highest BCUT2D eigenvalue weighted by molar-refractivity contribution is 9.09. The fourth-order valence-electron chi connectivity index (χ4n) is 1.07. The Morgan fingerprint density at radius 3 is 1.92 bits per heavy atom. The molecule has 0 amide bonds. The van der Waals surface area contributed by atoms with Crippen LogP contribution in [0.1, 0.15) is 40.5 Å². The highest BCUT2D eigenvalue weighted by atomic mass is 79.9. The Balaban J connectivity index is 3.64. The van der Waals surface area contributed by atoms with Crippen LogP contribution in [0.2, 0.25) is 0 Å². The molecule has 12 heavy (non-hydrogen) atoms. The molecule has 0 aromatic heterocycles. The van der Waals surface area contributed by atoms with Crippen LogP contribution in [0.3, 0.4) is 0 Å². The van der Waals surface area contributed by atoms with E-state index < -0.39 is 6.17 Å². The van der Waals surface area contributed by atoms with Crippen molar-refractivity contribution in [1.82, 2.24) is 0 Å². The van der Waals surface area contributed by atoms with Crippen molar-refractivity contribution in [3.05, 3.63) is 0 Å². The van der Waals surface area contributed by atoms with Crippen molar-refractivity contribution in [3.8, 4) is 0 Å². The van der Waals surface area contributed by atoms with Crippen molar-refractivity contribution < 1.29 is 4.39 Å². The topological polar surface area (TPSA) is 0 Å². The molecule has 0 saturated heterocycles. The van der Waals surface area contributed by atoms with Gasteiger partial charge >= 0.3 is 0 Å². The Bertz CT molecular complexity index is 112. The van der Waals surface area contributed by atoms with Crippen molar-refractivity contribution in [3.63, 3.8) is 0 Å². The zero-order valence-corrected chi connectivity index (χ0v) is 10.1. The van der Waals surface area contributed by atoms with Crippen molar-refractivity contribution >= 4 is 15.9 Å². The molecular weight excluding hydrogens is 219 g/mol. The Morgan fingerprint density at radius 1 is 1.08 bits per heavy atom. The van der Waals surface area contributed by atoms with Gasteiger partial charge in [-0.05, 0) is 24.7 Å². The first kappa shape index (κ1) is 12.4. The molecule has 0 rings (SSSR count). The summed E-state index contributed by atoms with van der Waals surface area (Å²) in [7, 11) is 0. The maximum absolute atomic E-state index is 13.3. The molecule has 2 heteroatoms. The van der Waals surface area contributed by atoms with E-state index in [9.17, 15) is 4.39 Å². The minimum Gasteiger partial charge on any atom is -0.246 e. The molecule has 0 heterocycles. The number of rotatable bonds is 5. The van der Waals surface area contributed by atoms with Gasteiger partial charge in [0.15, 0.2) is 0 Å². The lowest BCUT2D eigenvalue weighted by molar-refractivity contribution is 0.242. The maximum atomic E-state index is 13.3. The van der Waals surface area contributed by atoms with E-state index in [2.05, 4.69) is 29.8 Å². The Hall–Kier alpha value is 0.410. The third-order valence-corrected chi connectivity index (χ3v) is 2.97. The van der Waals surface area contributed by atoms with Crippen molar-refractivity contribution in [1.29, 1.82) is 0 Å². The first-order valence-corrected chi connectivity index (χ1v) is 5.64. The van der Waals surface area contributed by atoms with Crippen molar-refractivity contribution in [2.75, 3.05) is 0 Å². The molecule has 0 aromatic rings. The smallest absolute Gasteiger partial charge is 0.115 e. The molecular formula is C10H20BrF. The van der Waals surface area contributed by atoms with Gasteiger partial charge in [0.1, 0.15) is 6.17 Å². The largest absolute Gasteiger partial charge is 0.246 e. The van der Waals surface area contributed by atoms with Gasteiger partial charge in [-0.15, -0.1) is 0 Å². The predicted molar refractivity (Wildman–Crippen MR) is 56.5 cm³/mol. The third kappa shape index (κ3) is 5.13. The standard InChI is InChI=1S/C10H20BrF/c1-7(2)5-6-9(11)10(12)8(3)4/h7-10H,5-6H2,1-4H3. The average molecular weight is 239 g/mol. The van der Waals surface area contributed by atoms with Gasteiger partial charge < -0.3 is 0 Å². The Labute approximate surface area is 84.1 Å². The minimum atomic E-state index is -0.705. The lowest BCUT2D eigenvalue weighted by Gasteiger charge is -2.18. The van der Waals surface area contributed by atoms with E-state index in [-0.39, 0.29) is 10.7 Å². The third-order valence-electron chi connectivity index (χ3n) is 2.00. The first-order valence-electron chi connectivity index (χ1n) is 4.73. The summed E-state index contributed by atoms with van der Waals surface area (Å²) < 4.78 is 13.3. The van der Waals surface area contributed by atoms with Crippen LogP contribution < -0.4 is 0 Å². The molecule has 0 saturated carbocycles. The zero-order chi connectivity index (χ0) is 9.72. The molecule has 74 valence electrons. The molecule has 0 spiro atoms. The van der Waals surface area contributed by atoms with Gasteiger partial charge in [-0.2, -0.15) is 0 Å². The molecule has 2 atom stereocenters. The number of halogens is 2. The zero-order valence-electron chi connectivity index (χ0n) is 8.48. The SMILES string of the molecule is CC(C)CCC(Br)C(F)C(C)C. The summed E-state index contributed by atoms with van der Waals surface area (Å²) in [6, 6.07) is 0. The molecule has 0 bridgehead atoms. The van der Waals surface area contributed by atoms with Crippen molar-refractivity contribution in [2.24, 2.45) is 11.8 Å². The fraction of sp³-hybridized carbons (Fsp3) is 1.00. The van der Waals surface area contributed by atoms with E-state index in [1.807, 2.05) is 13.8 Å². The Kier molecular flexibility index (Phi) is 6.16. The van der Waals surface area contributed by atoms with Gasteiger partial charge in [-0.1, -0.05) is 43.6 Å². The number of hydrogen-bond donors (Lipinski definition) is 0. The summed E-state index contributed by atoms with van der Waals surface area (Å²) in [4.78, 5) is 0.0416. The van der Waals surface area contributed by atoms with Gasteiger partial charge in [0.2, 0.25) is 0 Å².